The maximum Gasteiger partial charge on any atom is 0.261 e. The molecule has 0 bridgehead atoms. The fourth-order valence-electron chi connectivity index (χ4n) is 4.09. The summed E-state index contributed by atoms with van der Waals surface area (Å²) in [6.45, 7) is 4.23. The van der Waals surface area contributed by atoms with E-state index in [2.05, 4.69) is 12.2 Å². The molecule has 5 heteroatoms. The molecule has 0 saturated heterocycles. The second-order valence-electron chi connectivity index (χ2n) is 7.59. The number of carbonyl (C=O) groups is 3. The van der Waals surface area contributed by atoms with Crippen molar-refractivity contribution in [2.75, 3.05) is 11.9 Å². The van der Waals surface area contributed by atoms with E-state index < -0.39 is 0 Å². The summed E-state index contributed by atoms with van der Waals surface area (Å²) in [7, 11) is 0. The maximum absolute atomic E-state index is 12.9. The number of carbonyl (C=O) groups excluding carboxylic acids is 3. The zero-order valence-corrected chi connectivity index (χ0v) is 17.2. The molecule has 0 atom stereocenters. The fraction of sp³-hybridized carbons (Fsp3) is 0.240. The Hall–Kier alpha value is -3.47. The van der Waals surface area contributed by atoms with Gasteiger partial charge in [0.1, 0.15) is 0 Å². The summed E-state index contributed by atoms with van der Waals surface area (Å²) in [5.41, 5.74) is 4.05. The normalized spacial score (nSPS) is 13.1. The van der Waals surface area contributed by atoms with Crippen molar-refractivity contribution in [1.82, 2.24) is 4.90 Å². The Morgan fingerprint density at radius 3 is 2.20 bits per heavy atom. The number of hydrogen-bond donors (Lipinski definition) is 1. The van der Waals surface area contributed by atoms with Crippen molar-refractivity contribution in [2.24, 2.45) is 0 Å². The average molecular weight is 400 g/mol. The van der Waals surface area contributed by atoms with Crippen LogP contribution in [0.3, 0.4) is 0 Å². The van der Waals surface area contributed by atoms with Crippen LogP contribution < -0.4 is 5.32 Å². The SMILES string of the molecule is CCc1cccc(C)c1NC(=O)CCCN1C(=O)c2cccc3cccc(c23)C1=O. The van der Waals surface area contributed by atoms with Gasteiger partial charge < -0.3 is 5.32 Å². The molecule has 1 aliphatic heterocycles. The molecule has 0 unspecified atom stereocenters. The van der Waals surface area contributed by atoms with Gasteiger partial charge in [-0.1, -0.05) is 49.4 Å². The third-order valence-corrected chi connectivity index (χ3v) is 5.65. The van der Waals surface area contributed by atoms with Crippen molar-refractivity contribution >= 4 is 34.2 Å². The lowest BCUT2D eigenvalue weighted by Crippen LogP contribution is -2.41. The number of hydrogen-bond acceptors (Lipinski definition) is 3. The van der Waals surface area contributed by atoms with Crippen molar-refractivity contribution in [3.05, 3.63) is 76.9 Å². The number of benzene rings is 3. The molecule has 0 radical (unpaired) electrons. The van der Waals surface area contributed by atoms with E-state index in [1.807, 2.05) is 49.4 Å². The van der Waals surface area contributed by atoms with Gasteiger partial charge in [0.25, 0.3) is 11.8 Å². The predicted molar refractivity (Wildman–Crippen MR) is 118 cm³/mol. The van der Waals surface area contributed by atoms with Gasteiger partial charge in [-0.05, 0) is 48.4 Å². The summed E-state index contributed by atoms with van der Waals surface area (Å²) in [5.74, 6) is -0.702. The molecule has 152 valence electrons. The van der Waals surface area contributed by atoms with Gasteiger partial charge >= 0.3 is 0 Å². The third kappa shape index (κ3) is 3.47. The molecule has 4 rings (SSSR count). The van der Waals surface area contributed by atoms with Crippen LogP contribution in [0.25, 0.3) is 10.8 Å². The summed E-state index contributed by atoms with van der Waals surface area (Å²) in [6.07, 6.45) is 1.48. The van der Waals surface area contributed by atoms with Gasteiger partial charge in [0.15, 0.2) is 0 Å². The smallest absolute Gasteiger partial charge is 0.261 e. The Labute approximate surface area is 175 Å². The van der Waals surface area contributed by atoms with Crippen LogP contribution in [0.15, 0.2) is 54.6 Å². The molecular weight excluding hydrogens is 376 g/mol. The first-order valence-electron chi connectivity index (χ1n) is 10.3. The quantitative estimate of drug-likeness (QED) is 0.609. The van der Waals surface area contributed by atoms with Crippen molar-refractivity contribution in [2.45, 2.75) is 33.1 Å². The number of nitrogens with one attached hydrogen (secondary N) is 1. The molecule has 1 aliphatic rings. The van der Waals surface area contributed by atoms with Gasteiger partial charge in [-0.25, -0.2) is 0 Å². The van der Waals surface area contributed by atoms with E-state index in [1.165, 1.54) is 4.90 Å². The summed E-state index contributed by atoms with van der Waals surface area (Å²) in [6, 6.07) is 16.9. The molecule has 5 nitrogen and oxygen atoms in total. The second kappa shape index (κ2) is 8.11. The van der Waals surface area contributed by atoms with Gasteiger partial charge in [0, 0.05) is 35.2 Å². The lowest BCUT2D eigenvalue weighted by atomic mass is 9.94. The topological polar surface area (TPSA) is 66.5 Å². The Morgan fingerprint density at radius 1 is 0.933 bits per heavy atom. The number of nitrogens with zero attached hydrogens (tertiary/aromatic N) is 1. The third-order valence-electron chi connectivity index (χ3n) is 5.65. The van der Waals surface area contributed by atoms with Crippen LogP contribution in [0.1, 0.15) is 51.6 Å². The Kier molecular flexibility index (Phi) is 5.36. The first-order valence-corrected chi connectivity index (χ1v) is 10.3. The molecule has 3 amide bonds. The van der Waals surface area contributed by atoms with Gasteiger partial charge in [-0.15, -0.1) is 0 Å². The second-order valence-corrected chi connectivity index (χ2v) is 7.59. The lowest BCUT2D eigenvalue weighted by molar-refractivity contribution is -0.116. The molecule has 3 aromatic carbocycles. The summed E-state index contributed by atoms with van der Waals surface area (Å²) >= 11 is 0. The summed E-state index contributed by atoms with van der Waals surface area (Å²) in [5, 5.41) is 4.60. The molecule has 0 aliphatic carbocycles. The summed E-state index contributed by atoms with van der Waals surface area (Å²) in [4.78, 5) is 39.6. The van der Waals surface area contributed by atoms with Gasteiger partial charge in [0.2, 0.25) is 5.91 Å². The molecular formula is C25H24N2O3. The molecule has 1 N–H and O–H groups in total. The highest BCUT2D eigenvalue weighted by atomic mass is 16.2. The number of aryl methyl sites for hydroxylation is 2. The van der Waals surface area contributed by atoms with Crippen LogP contribution in [-0.2, 0) is 11.2 Å². The predicted octanol–water partition coefficient (Wildman–Crippen LogP) is 4.73. The van der Waals surface area contributed by atoms with Gasteiger partial charge in [-0.3, -0.25) is 19.3 Å². The van der Waals surface area contributed by atoms with Gasteiger partial charge in [-0.2, -0.15) is 0 Å². The van der Waals surface area contributed by atoms with E-state index in [9.17, 15) is 14.4 Å². The van der Waals surface area contributed by atoms with Crippen LogP contribution in [-0.4, -0.2) is 29.2 Å². The van der Waals surface area contributed by atoms with Crippen LogP contribution in [0, 0.1) is 6.92 Å². The highest BCUT2D eigenvalue weighted by Gasteiger charge is 2.32. The van der Waals surface area contributed by atoms with E-state index in [4.69, 9.17) is 0 Å². The molecule has 0 fully saturated rings. The van der Waals surface area contributed by atoms with Gasteiger partial charge in [0.05, 0.1) is 0 Å². The van der Waals surface area contributed by atoms with Crippen LogP contribution in [0.4, 0.5) is 5.69 Å². The maximum atomic E-state index is 12.9. The minimum atomic E-state index is -0.295. The largest absolute Gasteiger partial charge is 0.326 e. The Bertz CT molecular complexity index is 1120. The lowest BCUT2D eigenvalue weighted by Gasteiger charge is -2.27. The first kappa shape index (κ1) is 19.8. The molecule has 0 spiro atoms. The Morgan fingerprint density at radius 2 is 1.57 bits per heavy atom. The number of rotatable bonds is 6. The van der Waals surface area contributed by atoms with Crippen molar-refractivity contribution in [1.29, 1.82) is 0 Å². The average Bonchev–Trinajstić information content (AvgIpc) is 2.75. The minimum Gasteiger partial charge on any atom is -0.326 e. The zero-order chi connectivity index (χ0) is 21.3. The number of para-hydroxylation sites is 1. The molecule has 3 aromatic rings. The standard InChI is InChI=1S/C25H24N2O3/c1-3-17-9-4-8-16(2)23(17)26-21(28)14-7-15-27-24(29)19-12-5-10-18-11-6-13-20(22(18)19)25(27)30/h4-6,8-13H,3,7,14-15H2,1-2H3,(H,26,28). The monoisotopic (exact) mass is 400 g/mol. The molecule has 30 heavy (non-hydrogen) atoms. The van der Waals surface area contributed by atoms with Crippen molar-refractivity contribution < 1.29 is 14.4 Å². The number of anilines is 1. The molecule has 0 saturated carbocycles. The van der Waals surface area contributed by atoms with E-state index in [0.29, 0.717) is 17.5 Å². The van der Waals surface area contributed by atoms with E-state index in [-0.39, 0.29) is 30.7 Å². The zero-order valence-electron chi connectivity index (χ0n) is 17.2. The molecule has 0 aromatic heterocycles. The fourth-order valence-corrected chi connectivity index (χ4v) is 4.09. The van der Waals surface area contributed by atoms with Crippen molar-refractivity contribution in [3.63, 3.8) is 0 Å². The van der Waals surface area contributed by atoms with Crippen LogP contribution >= 0.6 is 0 Å². The minimum absolute atomic E-state index is 0.113. The van der Waals surface area contributed by atoms with E-state index in [0.717, 1.165) is 34.0 Å². The van der Waals surface area contributed by atoms with Crippen molar-refractivity contribution in [3.8, 4) is 0 Å². The Balaban J connectivity index is 1.44. The summed E-state index contributed by atoms with van der Waals surface area (Å²) < 4.78 is 0. The number of imide groups is 1. The van der Waals surface area contributed by atoms with Crippen LogP contribution in [0.5, 0.6) is 0 Å². The van der Waals surface area contributed by atoms with E-state index >= 15 is 0 Å². The highest BCUT2D eigenvalue weighted by Crippen LogP contribution is 2.30. The van der Waals surface area contributed by atoms with E-state index in [1.54, 1.807) is 12.1 Å². The van der Waals surface area contributed by atoms with Crippen LogP contribution in [0.2, 0.25) is 0 Å². The molecule has 1 heterocycles. The highest BCUT2D eigenvalue weighted by molar-refractivity contribution is 6.25. The number of amides is 3. The first-order chi connectivity index (χ1) is 14.5.